The van der Waals surface area contributed by atoms with Crippen molar-refractivity contribution in [1.82, 2.24) is 44.1 Å². The Kier molecular flexibility index (Phi) is 9.49. The van der Waals surface area contributed by atoms with Crippen LogP contribution in [0, 0.1) is 30.3 Å². The number of rotatable bonds is 5. The molecule has 2 aromatic carbocycles. The number of likely N-dealkylation sites (tertiary alicyclic amines) is 1. The molecule has 1 unspecified atom stereocenters. The second kappa shape index (κ2) is 14.7. The number of carbonyl (C=O) groups is 2. The number of aromatic nitrogens is 7. The van der Waals surface area contributed by atoms with Gasteiger partial charge in [-0.15, -0.1) is 0 Å². The second-order valence-corrected chi connectivity index (χ2v) is 15.5. The minimum absolute atomic E-state index is 0.00273. The molecule has 4 atom stereocenters. The molecule has 2 amide bonds. The molecule has 0 spiro atoms. The van der Waals surface area contributed by atoms with Crippen molar-refractivity contribution in [2.24, 2.45) is 5.92 Å². The van der Waals surface area contributed by atoms with Crippen molar-refractivity contribution in [3.8, 4) is 16.9 Å². The van der Waals surface area contributed by atoms with Crippen molar-refractivity contribution < 1.29 is 27.5 Å². The standard InChI is InChI=1S/C41H42F3N11O3/c1-22-46-33-15-26(43)13-29-32-6-5-7-36(48-32)47-27-16-35(41(57)51(3)20-28(58-4)21-53(22)38(29)33)54(19-27)39-30-17-45-55(34-9-8-25(42)14-31(34)44)40(30)50-37(49-39)12-24-10-11-52(18-24)23(2)56/h5-9,13-15,17,24,27-28,35H,10-12,16,18-21H2,1-4H3,(H,47,48)/t24?,27-,28-,35-/m0/s1. The van der Waals surface area contributed by atoms with Crippen LogP contribution in [0.4, 0.5) is 24.8 Å². The van der Waals surface area contributed by atoms with Crippen molar-refractivity contribution in [2.45, 2.75) is 57.8 Å². The lowest BCUT2D eigenvalue weighted by atomic mass is 10.0. The minimum Gasteiger partial charge on any atom is -0.378 e. The van der Waals surface area contributed by atoms with Gasteiger partial charge in [0.25, 0.3) is 0 Å². The Morgan fingerprint density at radius 3 is 2.60 bits per heavy atom. The molecule has 1 N–H and O–H groups in total. The van der Waals surface area contributed by atoms with E-state index in [4.69, 9.17) is 19.7 Å². The van der Waals surface area contributed by atoms with Gasteiger partial charge in [-0.25, -0.2) is 37.8 Å². The van der Waals surface area contributed by atoms with Crippen molar-refractivity contribution in [1.29, 1.82) is 0 Å². The average Bonchev–Trinajstić information content (AvgIpc) is 3.99. The molecular weight excluding hydrogens is 752 g/mol. The van der Waals surface area contributed by atoms with E-state index in [1.165, 1.54) is 22.9 Å². The summed E-state index contributed by atoms with van der Waals surface area (Å²) in [5.74, 6) is 0.0270. The first-order valence-electron chi connectivity index (χ1n) is 19.3. The number of hydrogen-bond donors (Lipinski definition) is 1. The van der Waals surface area contributed by atoms with Gasteiger partial charge < -0.3 is 29.3 Å². The Morgan fingerprint density at radius 1 is 0.983 bits per heavy atom. The number of nitrogens with one attached hydrogen (secondary N) is 1. The van der Waals surface area contributed by atoms with Gasteiger partial charge in [-0.05, 0) is 56.0 Å². The third-order valence-electron chi connectivity index (χ3n) is 11.6. The molecule has 2 saturated heterocycles. The van der Waals surface area contributed by atoms with E-state index < -0.39 is 29.6 Å². The Morgan fingerprint density at radius 2 is 1.83 bits per heavy atom. The molecule has 3 aliphatic heterocycles. The van der Waals surface area contributed by atoms with Gasteiger partial charge in [0.2, 0.25) is 11.8 Å². The van der Waals surface area contributed by atoms with Gasteiger partial charge in [-0.3, -0.25) is 9.59 Å². The Balaban J connectivity index is 1.15. The number of anilines is 2. The van der Waals surface area contributed by atoms with Crippen LogP contribution in [0.5, 0.6) is 0 Å². The summed E-state index contributed by atoms with van der Waals surface area (Å²) in [5.41, 5.74) is 2.66. The SMILES string of the molecule is CO[C@H]1CN(C)C(=O)[C@@H]2C[C@@H](CN2c2nc(CC3CCN(C(C)=O)C3)nc3c2cnn3-c2ccc(F)cc2F)Nc2cccc(n2)-c2cc(F)cc3nc(C)n(c23)C1. The number of ether oxygens (including phenoxy) is 1. The van der Waals surface area contributed by atoms with Crippen LogP contribution >= 0.6 is 0 Å². The molecular formula is C41H42F3N11O3. The molecule has 300 valence electrons. The van der Waals surface area contributed by atoms with Crippen molar-refractivity contribution >= 4 is 45.5 Å². The fourth-order valence-electron chi connectivity index (χ4n) is 8.73. The summed E-state index contributed by atoms with van der Waals surface area (Å²) in [6, 6.07) is 10.7. The van der Waals surface area contributed by atoms with Crippen LogP contribution in [-0.2, 0) is 27.3 Å². The highest BCUT2D eigenvalue weighted by atomic mass is 19.1. The van der Waals surface area contributed by atoms with Crippen LogP contribution in [0.25, 0.3) is 39.0 Å². The number of carbonyl (C=O) groups excluding carboxylic acids is 2. The summed E-state index contributed by atoms with van der Waals surface area (Å²) >= 11 is 0. The summed E-state index contributed by atoms with van der Waals surface area (Å²) < 4.78 is 53.7. The summed E-state index contributed by atoms with van der Waals surface area (Å²) in [6.45, 7) is 5.47. The molecule has 4 aromatic heterocycles. The van der Waals surface area contributed by atoms with Gasteiger partial charge in [-0.1, -0.05) is 6.07 Å². The first-order chi connectivity index (χ1) is 27.9. The van der Waals surface area contributed by atoms with Gasteiger partial charge in [0, 0.05) is 77.4 Å². The number of likely N-dealkylation sites (N-methyl/N-ethyl adjacent to an activating group) is 1. The Hall–Kier alpha value is -6.10. The maximum Gasteiger partial charge on any atom is 0.245 e. The predicted molar refractivity (Wildman–Crippen MR) is 210 cm³/mol. The maximum absolute atomic E-state index is 15.3. The highest BCUT2D eigenvalue weighted by Crippen LogP contribution is 2.36. The molecule has 0 radical (unpaired) electrons. The van der Waals surface area contributed by atoms with Gasteiger partial charge in [0.1, 0.15) is 46.6 Å². The normalized spacial score (nSPS) is 21.2. The zero-order valence-corrected chi connectivity index (χ0v) is 32.5. The number of amides is 2. The third-order valence-corrected chi connectivity index (χ3v) is 11.6. The van der Waals surface area contributed by atoms with Gasteiger partial charge in [0.05, 0.1) is 41.0 Å². The van der Waals surface area contributed by atoms with E-state index in [1.54, 1.807) is 37.1 Å². The lowest BCUT2D eigenvalue weighted by Gasteiger charge is -2.31. The lowest BCUT2D eigenvalue weighted by Crippen LogP contribution is -2.47. The molecule has 7 heterocycles. The summed E-state index contributed by atoms with van der Waals surface area (Å²) in [6.07, 6.45) is 2.64. The van der Waals surface area contributed by atoms with Crippen LogP contribution in [0.2, 0.25) is 0 Å². The van der Waals surface area contributed by atoms with Crippen molar-refractivity contribution in [3.63, 3.8) is 0 Å². The van der Waals surface area contributed by atoms with Crippen molar-refractivity contribution in [3.05, 3.63) is 83.8 Å². The van der Waals surface area contributed by atoms with E-state index in [0.29, 0.717) is 90.1 Å². The largest absolute Gasteiger partial charge is 0.378 e. The number of pyridine rings is 1. The zero-order chi connectivity index (χ0) is 40.4. The van der Waals surface area contributed by atoms with Gasteiger partial charge >= 0.3 is 0 Å². The molecule has 9 rings (SSSR count). The second-order valence-electron chi connectivity index (χ2n) is 15.5. The average molecular weight is 794 g/mol. The van der Waals surface area contributed by atoms with Crippen LogP contribution < -0.4 is 10.2 Å². The molecule has 14 nitrogen and oxygen atoms in total. The maximum atomic E-state index is 15.3. The molecule has 3 aliphatic rings. The molecule has 0 saturated carbocycles. The van der Waals surface area contributed by atoms with Crippen LogP contribution in [0.15, 0.2) is 54.7 Å². The summed E-state index contributed by atoms with van der Waals surface area (Å²) in [4.78, 5) is 51.9. The molecule has 17 heteroatoms. The molecule has 6 aromatic rings. The van der Waals surface area contributed by atoms with Crippen LogP contribution in [-0.4, -0.2) is 114 Å². The fraction of sp³-hybridized carbons (Fsp3) is 0.390. The van der Waals surface area contributed by atoms with Gasteiger partial charge in [-0.2, -0.15) is 5.10 Å². The molecule has 4 bridgehead atoms. The first kappa shape index (κ1) is 37.5. The number of hydrogen-bond acceptors (Lipinski definition) is 10. The quantitative estimate of drug-likeness (QED) is 0.256. The molecule has 0 aliphatic carbocycles. The predicted octanol–water partition coefficient (Wildman–Crippen LogP) is 4.91. The number of nitrogens with zero attached hydrogens (tertiary/aromatic N) is 10. The van der Waals surface area contributed by atoms with E-state index in [9.17, 15) is 14.0 Å². The molecule has 2 fully saturated rings. The lowest BCUT2D eigenvalue weighted by molar-refractivity contribution is -0.132. The Bertz CT molecular complexity index is 2600. The number of methoxy groups -OCH3 is 1. The number of benzene rings is 2. The highest BCUT2D eigenvalue weighted by molar-refractivity contribution is 5.94. The van der Waals surface area contributed by atoms with Crippen molar-refractivity contribution in [2.75, 3.05) is 50.6 Å². The monoisotopic (exact) mass is 793 g/mol. The topological polar surface area (TPSA) is 139 Å². The van der Waals surface area contributed by atoms with E-state index in [-0.39, 0.29) is 36.0 Å². The summed E-state index contributed by atoms with van der Waals surface area (Å²) in [7, 11) is 3.34. The number of halogens is 3. The number of imidazole rings is 1. The zero-order valence-electron chi connectivity index (χ0n) is 32.5. The molecule has 58 heavy (non-hydrogen) atoms. The number of fused-ring (bicyclic) bond motifs is 6. The summed E-state index contributed by atoms with van der Waals surface area (Å²) in [5, 5.41) is 8.54. The van der Waals surface area contributed by atoms with E-state index in [2.05, 4.69) is 15.4 Å². The Labute approximate surface area is 331 Å². The van der Waals surface area contributed by atoms with E-state index in [1.807, 2.05) is 34.6 Å². The highest BCUT2D eigenvalue weighted by Gasteiger charge is 2.41. The third kappa shape index (κ3) is 6.76. The fourth-order valence-corrected chi connectivity index (χ4v) is 8.73. The van der Waals surface area contributed by atoms with E-state index in [0.717, 1.165) is 24.1 Å². The van der Waals surface area contributed by atoms with E-state index >= 15 is 8.78 Å². The van der Waals surface area contributed by atoms with Crippen LogP contribution in [0.1, 0.15) is 31.4 Å². The smallest absolute Gasteiger partial charge is 0.245 e. The number of aryl methyl sites for hydroxylation is 1. The first-order valence-corrected chi connectivity index (χ1v) is 19.3. The van der Waals surface area contributed by atoms with Crippen LogP contribution in [0.3, 0.4) is 0 Å². The minimum atomic E-state index is -0.813. The van der Waals surface area contributed by atoms with Gasteiger partial charge in [0.15, 0.2) is 11.5 Å².